The SMILES string of the molecule is C/C1=C\CCC(C)(C)[C@@H](C)OC(=O)Cc2cc(OCc3ccccc3)cc(OCc3ccccc3)c2C1=O. The van der Waals surface area contributed by atoms with E-state index < -0.39 is 0 Å². The van der Waals surface area contributed by atoms with Crippen LogP contribution in [0.15, 0.2) is 84.4 Å². The second kappa shape index (κ2) is 12.1. The minimum atomic E-state index is -0.379. The van der Waals surface area contributed by atoms with E-state index in [4.69, 9.17) is 14.2 Å². The van der Waals surface area contributed by atoms with Crippen molar-refractivity contribution in [1.29, 1.82) is 0 Å². The van der Waals surface area contributed by atoms with Crippen molar-refractivity contribution in [3.63, 3.8) is 0 Å². The summed E-state index contributed by atoms with van der Waals surface area (Å²) in [7, 11) is 0. The van der Waals surface area contributed by atoms with E-state index in [1.54, 1.807) is 12.1 Å². The molecular weight excluding hydrogens is 476 g/mol. The Labute approximate surface area is 225 Å². The molecule has 5 heteroatoms. The lowest BCUT2D eigenvalue weighted by atomic mass is 9.82. The van der Waals surface area contributed by atoms with E-state index in [1.807, 2.05) is 80.6 Å². The van der Waals surface area contributed by atoms with E-state index in [2.05, 4.69) is 13.8 Å². The maximum Gasteiger partial charge on any atom is 0.310 e. The van der Waals surface area contributed by atoms with Crippen LogP contribution in [-0.2, 0) is 29.2 Å². The Morgan fingerprint density at radius 2 is 1.50 bits per heavy atom. The zero-order valence-electron chi connectivity index (χ0n) is 22.7. The first-order valence-corrected chi connectivity index (χ1v) is 13.1. The topological polar surface area (TPSA) is 61.8 Å². The van der Waals surface area contributed by atoms with Gasteiger partial charge in [0.2, 0.25) is 0 Å². The molecule has 0 spiro atoms. The molecule has 0 bridgehead atoms. The van der Waals surface area contributed by atoms with Crippen LogP contribution >= 0.6 is 0 Å². The Morgan fingerprint density at radius 1 is 0.895 bits per heavy atom. The van der Waals surface area contributed by atoms with Crippen molar-refractivity contribution in [1.82, 2.24) is 0 Å². The van der Waals surface area contributed by atoms with Gasteiger partial charge in [-0.3, -0.25) is 9.59 Å². The van der Waals surface area contributed by atoms with Crippen LogP contribution in [0.5, 0.6) is 11.5 Å². The van der Waals surface area contributed by atoms with E-state index in [0.29, 0.717) is 41.2 Å². The molecule has 0 unspecified atom stereocenters. The van der Waals surface area contributed by atoms with E-state index in [9.17, 15) is 9.59 Å². The number of fused-ring (bicyclic) bond motifs is 1. The van der Waals surface area contributed by atoms with Crippen molar-refractivity contribution in [3.8, 4) is 11.5 Å². The van der Waals surface area contributed by atoms with E-state index in [-0.39, 0.29) is 36.3 Å². The predicted molar refractivity (Wildman–Crippen MR) is 148 cm³/mol. The summed E-state index contributed by atoms with van der Waals surface area (Å²) in [6.07, 6.45) is 3.15. The standard InChI is InChI=1S/C33H36O5/c1-23-12-11-17-33(3,4)24(2)38-30(34)19-27-18-28(36-21-25-13-7-5-8-14-25)20-29(31(27)32(23)35)37-22-26-15-9-6-10-16-26/h5-10,12-16,18,20,24H,11,17,19,21-22H2,1-4H3/b23-12+/t24-/m1/s1. The van der Waals surface area contributed by atoms with E-state index in [1.165, 1.54) is 0 Å². The molecule has 0 saturated heterocycles. The molecule has 5 nitrogen and oxygen atoms in total. The largest absolute Gasteiger partial charge is 0.489 e. The number of ketones is 1. The third-order valence-corrected chi connectivity index (χ3v) is 7.21. The van der Waals surface area contributed by atoms with Gasteiger partial charge in [0.1, 0.15) is 30.8 Å². The molecular formula is C33H36O5. The lowest BCUT2D eigenvalue weighted by Gasteiger charge is -2.31. The second-order valence-electron chi connectivity index (χ2n) is 10.6. The molecule has 0 aliphatic carbocycles. The van der Waals surface area contributed by atoms with Crippen molar-refractivity contribution >= 4 is 11.8 Å². The van der Waals surface area contributed by atoms with Crippen LogP contribution in [0.4, 0.5) is 0 Å². The number of hydrogen-bond acceptors (Lipinski definition) is 5. The Balaban J connectivity index is 1.75. The molecule has 198 valence electrons. The summed E-state index contributed by atoms with van der Waals surface area (Å²) in [4.78, 5) is 26.9. The van der Waals surface area contributed by atoms with Crippen molar-refractivity contribution < 1.29 is 23.8 Å². The number of carbonyl (C=O) groups is 2. The average molecular weight is 513 g/mol. The maximum atomic E-state index is 13.8. The number of carbonyl (C=O) groups excluding carboxylic acids is 2. The van der Waals surface area contributed by atoms with Gasteiger partial charge in [-0.15, -0.1) is 0 Å². The highest BCUT2D eigenvalue weighted by molar-refractivity contribution is 6.11. The first kappa shape index (κ1) is 27.2. The van der Waals surface area contributed by atoms with Crippen LogP contribution in [0.2, 0.25) is 0 Å². The first-order chi connectivity index (χ1) is 18.2. The van der Waals surface area contributed by atoms with Gasteiger partial charge in [-0.2, -0.15) is 0 Å². The fourth-order valence-corrected chi connectivity index (χ4v) is 4.42. The Morgan fingerprint density at radius 3 is 2.13 bits per heavy atom. The van der Waals surface area contributed by atoms with Crippen LogP contribution in [0.1, 0.15) is 67.6 Å². The number of benzene rings is 3. The van der Waals surface area contributed by atoms with Crippen molar-refractivity contribution in [2.24, 2.45) is 5.41 Å². The van der Waals surface area contributed by atoms with Gasteiger partial charge in [-0.05, 0) is 55.0 Å². The van der Waals surface area contributed by atoms with Gasteiger partial charge in [-0.1, -0.05) is 80.6 Å². The summed E-state index contributed by atoms with van der Waals surface area (Å²) < 4.78 is 18.2. The highest BCUT2D eigenvalue weighted by atomic mass is 16.5. The van der Waals surface area contributed by atoms with Crippen LogP contribution in [0.3, 0.4) is 0 Å². The highest BCUT2D eigenvalue weighted by Crippen LogP contribution is 2.35. The lowest BCUT2D eigenvalue weighted by Crippen LogP contribution is -2.32. The van der Waals surface area contributed by atoms with Crippen LogP contribution in [0.25, 0.3) is 0 Å². The van der Waals surface area contributed by atoms with Crippen LogP contribution in [0, 0.1) is 5.41 Å². The average Bonchev–Trinajstić information content (AvgIpc) is 2.90. The molecule has 1 aliphatic heterocycles. The summed E-state index contributed by atoms with van der Waals surface area (Å²) in [5, 5.41) is 0. The minimum Gasteiger partial charge on any atom is -0.489 e. The summed E-state index contributed by atoms with van der Waals surface area (Å²) in [5.74, 6) is 0.386. The fourth-order valence-electron chi connectivity index (χ4n) is 4.42. The summed E-state index contributed by atoms with van der Waals surface area (Å²) in [5.41, 5.74) is 3.31. The second-order valence-corrected chi connectivity index (χ2v) is 10.6. The number of allylic oxidation sites excluding steroid dienone is 2. The molecule has 0 aromatic heterocycles. The maximum absolute atomic E-state index is 13.8. The first-order valence-electron chi connectivity index (χ1n) is 13.1. The fraction of sp³-hybridized carbons (Fsp3) is 0.333. The zero-order valence-corrected chi connectivity index (χ0v) is 22.7. The van der Waals surface area contributed by atoms with E-state index >= 15 is 0 Å². The Kier molecular flexibility index (Phi) is 8.67. The quantitative estimate of drug-likeness (QED) is 0.325. The smallest absolute Gasteiger partial charge is 0.310 e. The zero-order chi connectivity index (χ0) is 27.1. The van der Waals surface area contributed by atoms with Gasteiger partial charge in [0.25, 0.3) is 0 Å². The number of Topliss-reactive ketones (excluding diaryl/α,β-unsaturated/α-hetero) is 1. The van der Waals surface area contributed by atoms with Crippen LogP contribution < -0.4 is 9.47 Å². The predicted octanol–water partition coefficient (Wildman–Crippen LogP) is 7.27. The summed E-state index contributed by atoms with van der Waals surface area (Å²) in [6.45, 7) is 8.55. The van der Waals surface area contributed by atoms with Gasteiger partial charge in [0, 0.05) is 11.5 Å². The lowest BCUT2D eigenvalue weighted by molar-refractivity contribution is -0.153. The van der Waals surface area contributed by atoms with Crippen molar-refractivity contribution in [2.75, 3.05) is 0 Å². The number of hydrogen-bond donors (Lipinski definition) is 0. The number of cyclic esters (lactones) is 1. The number of ether oxygens (including phenoxy) is 3. The van der Waals surface area contributed by atoms with Crippen LogP contribution in [-0.4, -0.2) is 17.9 Å². The molecule has 4 rings (SSSR count). The van der Waals surface area contributed by atoms with Gasteiger partial charge < -0.3 is 14.2 Å². The Bertz CT molecular complexity index is 1290. The van der Waals surface area contributed by atoms with Gasteiger partial charge >= 0.3 is 5.97 Å². The Hall–Kier alpha value is -3.86. The molecule has 0 saturated carbocycles. The van der Waals surface area contributed by atoms with E-state index in [0.717, 1.165) is 17.5 Å². The number of rotatable bonds is 6. The molecule has 1 atom stereocenters. The normalized spacial score (nSPS) is 19.2. The van der Waals surface area contributed by atoms with Crippen molar-refractivity contribution in [2.45, 2.75) is 66.3 Å². The number of esters is 1. The molecule has 3 aromatic carbocycles. The molecule has 0 radical (unpaired) electrons. The highest BCUT2D eigenvalue weighted by Gasteiger charge is 2.30. The molecule has 0 N–H and O–H groups in total. The van der Waals surface area contributed by atoms with Gasteiger partial charge in [-0.25, -0.2) is 0 Å². The summed E-state index contributed by atoms with van der Waals surface area (Å²) in [6, 6.07) is 23.1. The molecule has 3 aromatic rings. The van der Waals surface area contributed by atoms with Gasteiger partial charge in [0.05, 0.1) is 12.0 Å². The van der Waals surface area contributed by atoms with Gasteiger partial charge in [0.15, 0.2) is 5.78 Å². The third kappa shape index (κ3) is 6.91. The molecule has 0 amide bonds. The molecule has 0 fully saturated rings. The molecule has 1 heterocycles. The van der Waals surface area contributed by atoms with Crippen molar-refractivity contribution in [3.05, 3.63) is 107 Å². The molecule has 1 aliphatic rings. The monoisotopic (exact) mass is 512 g/mol. The third-order valence-electron chi connectivity index (χ3n) is 7.21. The minimum absolute atomic E-state index is 0.0565. The summed E-state index contributed by atoms with van der Waals surface area (Å²) >= 11 is 0. The molecule has 38 heavy (non-hydrogen) atoms.